The van der Waals surface area contributed by atoms with Crippen LogP contribution in [0, 0.1) is 35.5 Å². The third-order valence-electron chi connectivity index (χ3n) is 6.78. The van der Waals surface area contributed by atoms with Crippen molar-refractivity contribution in [1.82, 2.24) is 0 Å². The highest BCUT2D eigenvalue weighted by Gasteiger charge is 2.88. The summed E-state index contributed by atoms with van der Waals surface area (Å²) in [5.74, 6) is 9.78. The summed E-state index contributed by atoms with van der Waals surface area (Å²) in [5, 5.41) is 0. The van der Waals surface area contributed by atoms with E-state index in [1.807, 2.05) is 0 Å². The molecule has 80 valence electrons. The third kappa shape index (κ3) is 0.432. The summed E-state index contributed by atoms with van der Waals surface area (Å²) in [6.07, 6.45) is 0. The van der Waals surface area contributed by atoms with E-state index in [0.717, 1.165) is 41.3 Å². The molecule has 0 spiro atoms. The average Bonchev–Trinajstić information content (AvgIpc) is 2.30. The first kappa shape index (κ1) is 7.37. The summed E-state index contributed by atoms with van der Waals surface area (Å²) in [7, 11) is 1.78. The highest BCUT2D eigenvalue weighted by molar-refractivity contribution is 5.56. The lowest BCUT2D eigenvalue weighted by molar-refractivity contribution is -0.407. The first-order valence-electron chi connectivity index (χ1n) is 6.59. The van der Waals surface area contributed by atoms with Gasteiger partial charge in [-0.1, -0.05) is 6.07 Å². The lowest BCUT2D eigenvalue weighted by atomic mass is 9.11. The van der Waals surface area contributed by atoms with Crippen molar-refractivity contribution in [3.8, 4) is 5.75 Å². The van der Waals surface area contributed by atoms with E-state index in [0.29, 0.717) is 0 Å². The van der Waals surface area contributed by atoms with Crippen molar-refractivity contribution in [3.05, 3.63) is 29.3 Å². The Hall–Kier alpha value is -0.980. The van der Waals surface area contributed by atoms with Gasteiger partial charge < -0.3 is 4.74 Å². The Labute approximate surface area is 94.8 Å². The van der Waals surface area contributed by atoms with E-state index >= 15 is 0 Å². The summed E-state index contributed by atoms with van der Waals surface area (Å²) in [5.41, 5.74) is 3.36. The molecule has 0 aliphatic heterocycles. The molecule has 4 atom stereocenters. The van der Waals surface area contributed by atoms with Crippen LogP contribution in [-0.4, -0.2) is 7.11 Å². The molecule has 4 fully saturated rings. The van der Waals surface area contributed by atoms with Gasteiger partial charge in [0.05, 0.1) is 7.11 Å². The van der Waals surface area contributed by atoms with E-state index in [1.54, 1.807) is 18.2 Å². The number of ether oxygens (including phenoxy) is 1. The van der Waals surface area contributed by atoms with Crippen molar-refractivity contribution in [2.24, 2.45) is 35.5 Å². The molecule has 0 aromatic heterocycles. The molecule has 0 N–H and O–H groups in total. The smallest absolute Gasteiger partial charge is 0.119 e. The van der Waals surface area contributed by atoms with Gasteiger partial charge in [-0.3, -0.25) is 0 Å². The van der Waals surface area contributed by atoms with Crippen molar-refractivity contribution in [1.29, 1.82) is 0 Å². The van der Waals surface area contributed by atoms with Crippen molar-refractivity contribution in [2.45, 2.75) is 11.8 Å². The summed E-state index contributed by atoms with van der Waals surface area (Å²) in [6.45, 7) is 0. The molecular formula is C15H14O. The zero-order chi connectivity index (χ0) is 10.2. The Bertz CT molecular complexity index is 528. The van der Waals surface area contributed by atoms with Gasteiger partial charge in [0.1, 0.15) is 5.75 Å². The maximum absolute atomic E-state index is 5.38. The van der Waals surface area contributed by atoms with Gasteiger partial charge in [-0.25, -0.2) is 0 Å². The first-order chi connectivity index (χ1) is 7.92. The van der Waals surface area contributed by atoms with Crippen LogP contribution >= 0.6 is 0 Å². The van der Waals surface area contributed by atoms with Crippen molar-refractivity contribution < 1.29 is 4.74 Å². The molecule has 1 aromatic rings. The average molecular weight is 210 g/mol. The second-order valence-corrected chi connectivity index (χ2v) is 6.51. The Kier molecular flexibility index (Phi) is 0.843. The molecule has 2 bridgehead atoms. The largest absolute Gasteiger partial charge is 0.497 e. The Balaban J connectivity index is 1.63. The fourth-order valence-electron chi connectivity index (χ4n) is 6.51. The molecule has 16 heavy (non-hydrogen) atoms. The predicted octanol–water partition coefficient (Wildman–Crippen LogP) is 2.63. The Morgan fingerprint density at radius 2 is 1.44 bits per heavy atom. The molecule has 6 aliphatic carbocycles. The molecule has 0 amide bonds. The summed E-state index contributed by atoms with van der Waals surface area (Å²) < 4.78 is 5.38. The van der Waals surface area contributed by atoms with Crippen LogP contribution < -0.4 is 4.74 Å². The molecule has 6 aliphatic rings. The summed E-state index contributed by atoms with van der Waals surface area (Å²) in [6, 6.07) is 6.86. The molecule has 0 radical (unpaired) electrons. The summed E-state index contributed by atoms with van der Waals surface area (Å²) >= 11 is 0. The lowest BCUT2D eigenvalue weighted by Gasteiger charge is -2.93. The molecule has 0 heterocycles. The lowest BCUT2D eigenvalue weighted by Crippen LogP contribution is -2.87. The fraction of sp³-hybridized carbons (Fsp3) is 0.600. The number of hydrogen-bond acceptors (Lipinski definition) is 1. The van der Waals surface area contributed by atoms with Gasteiger partial charge >= 0.3 is 0 Å². The maximum Gasteiger partial charge on any atom is 0.119 e. The van der Waals surface area contributed by atoms with E-state index in [1.165, 1.54) is 11.8 Å². The minimum absolute atomic E-state index is 0.945. The highest BCUT2D eigenvalue weighted by Crippen LogP contribution is 2.94. The SMILES string of the molecule is COc1ccc2c(c1)C1[C@H]3C4C5[C@@H]3C2[C@@H]5[C@@H]14. The molecule has 7 rings (SSSR count). The Morgan fingerprint density at radius 3 is 2.06 bits per heavy atom. The fourth-order valence-corrected chi connectivity index (χ4v) is 6.51. The van der Waals surface area contributed by atoms with Crippen molar-refractivity contribution in [2.75, 3.05) is 7.11 Å². The van der Waals surface area contributed by atoms with E-state index in [9.17, 15) is 0 Å². The van der Waals surface area contributed by atoms with Crippen LogP contribution in [-0.2, 0) is 0 Å². The number of methoxy groups -OCH3 is 1. The minimum Gasteiger partial charge on any atom is -0.497 e. The van der Waals surface area contributed by atoms with Gasteiger partial charge in [-0.05, 0) is 70.6 Å². The van der Waals surface area contributed by atoms with Crippen LogP contribution in [0.25, 0.3) is 0 Å². The second-order valence-electron chi connectivity index (χ2n) is 6.51. The molecule has 0 saturated heterocycles. The number of rotatable bonds is 1. The van der Waals surface area contributed by atoms with Crippen molar-refractivity contribution in [3.63, 3.8) is 0 Å². The molecule has 1 heteroatoms. The monoisotopic (exact) mass is 210 g/mol. The zero-order valence-electron chi connectivity index (χ0n) is 9.26. The van der Waals surface area contributed by atoms with Crippen LogP contribution in [0.4, 0.5) is 0 Å². The normalized spacial score (nSPS) is 59.6. The minimum atomic E-state index is 0.945. The van der Waals surface area contributed by atoms with Crippen LogP contribution in [0.2, 0.25) is 0 Å². The van der Waals surface area contributed by atoms with E-state index in [2.05, 4.69) is 18.2 Å². The van der Waals surface area contributed by atoms with Crippen LogP contribution in [0.15, 0.2) is 18.2 Å². The van der Waals surface area contributed by atoms with Gasteiger partial charge in [0.25, 0.3) is 0 Å². The van der Waals surface area contributed by atoms with E-state index in [-0.39, 0.29) is 0 Å². The predicted molar refractivity (Wildman–Crippen MR) is 59.4 cm³/mol. The molecule has 0 unspecified atom stereocenters. The van der Waals surface area contributed by atoms with Gasteiger partial charge in [-0.2, -0.15) is 0 Å². The van der Waals surface area contributed by atoms with Crippen molar-refractivity contribution >= 4 is 0 Å². The standard InChI is InChI=1S/C15H14O/c1-16-5-2-3-6-7(4-5)9-12-10-8(6)11-13(9)15(12)14(10)11/h2-4,8-15H,1H3/t8?,9?,10-,11-,12-,13-,14?,15?/m1/s1. The van der Waals surface area contributed by atoms with Gasteiger partial charge in [0, 0.05) is 0 Å². The van der Waals surface area contributed by atoms with Gasteiger partial charge in [-0.15, -0.1) is 0 Å². The van der Waals surface area contributed by atoms with Gasteiger partial charge in [0.2, 0.25) is 0 Å². The third-order valence-corrected chi connectivity index (χ3v) is 6.78. The number of benzene rings is 1. The van der Waals surface area contributed by atoms with Gasteiger partial charge in [0.15, 0.2) is 0 Å². The maximum atomic E-state index is 5.38. The first-order valence-corrected chi connectivity index (χ1v) is 6.59. The Morgan fingerprint density at radius 1 is 0.812 bits per heavy atom. The molecule has 1 aromatic carbocycles. The van der Waals surface area contributed by atoms with Crippen LogP contribution in [0.5, 0.6) is 5.75 Å². The van der Waals surface area contributed by atoms with Crippen LogP contribution in [0.1, 0.15) is 23.0 Å². The van der Waals surface area contributed by atoms with E-state index < -0.39 is 0 Å². The topological polar surface area (TPSA) is 9.23 Å². The molecule has 4 saturated carbocycles. The summed E-state index contributed by atoms with van der Waals surface area (Å²) in [4.78, 5) is 0. The molecule has 1 nitrogen and oxygen atoms in total. The number of hydrogen-bond donors (Lipinski definition) is 0. The highest BCUT2D eigenvalue weighted by atomic mass is 16.5. The molecular weight excluding hydrogens is 196 g/mol. The second kappa shape index (κ2) is 1.83. The van der Waals surface area contributed by atoms with Crippen LogP contribution in [0.3, 0.4) is 0 Å². The van der Waals surface area contributed by atoms with E-state index in [4.69, 9.17) is 4.74 Å². The zero-order valence-corrected chi connectivity index (χ0v) is 9.26. The quantitative estimate of drug-likeness (QED) is 0.692.